The molecule has 0 spiro atoms. The number of piperidine rings is 1. The molecule has 1 aromatic heterocycles. The summed E-state index contributed by atoms with van der Waals surface area (Å²) >= 11 is 0. The molecule has 6 nitrogen and oxygen atoms in total. The highest BCUT2D eigenvalue weighted by molar-refractivity contribution is 6.08. The van der Waals surface area contributed by atoms with E-state index < -0.39 is 5.63 Å². The van der Waals surface area contributed by atoms with Gasteiger partial charge in [0.25, 0.3) is 0 Å². The molecule has 2 heterocycles. The zero-order chi connectivity index (χ0) is 26.6. The van der Waals surface area contributed by atoms with E-state index in [1.165, 1.54) is 6.42 Å². The van der Waals surface area contributed by atoms with Crippen molar-refractivity contribution in [3.8, 4) is 5.75 Å². The molecule has 0 N–H and O–H groups in total. The zero-order valence-corrected chi connectivity index (χ0v) is 21.7. The van der Waals surface area contributed by atoms with E-state index in [-0.39, 0.29) is 5.91 Å². The lowest BCUT2D eigenvalue weighted by Gasteiger charge is -2.30. The first kappa shape index (κ1) is 24.9. The molecule has 1 aliphatic rings. The summed E-state index contributed by atoms with van der Waals surface area (Å²) in [6.45, 7) is 2.62. The summed E-state index contributed by atoms with van der Waals surface area (Å²) in [6, 6.07) is 30.6. The lowest BCUT2D eigenvalue weighted by Crippen LogP contribution is -2.40. The fourth-order valence-corrected chi connectivity index (χ4v) is 5.26. The molecule has 1 fully saturated rings. The van der Waals surface area contributed by atoms with Crippen molar-refractivity contribution in [2.75, 3.05) is 24.5 Å². The second-order valence-corrected chi connectivity index (χ2v) is 9.95. The highest BCUT2D eigenvalue weighted by atomic mass is 16.5. The van der Waals surface area contributed by atoms with Crippen molar-refractivity contribution in [1.82, 2.24) is 4.90 Å². The van der Waals surface area contributed by atoms with E-state index in [0.29, 0.717) is 35.6 Å². The van der Waals surface area contributed by atoms with Gasteiger partial charge in [0.2, 0.25) is 5.91 Å². The van der Waals surface area contributed by atoms with Crippen LogP contribution in [0.5, 0.6) is 5.75 Å². The lowest BCUT2D eigenvalue weighted by atomic mass is 10.1. The summed E-state index contributed by atoms with van der Waals surface area (Å²) in [5.74, 6) is 0.608. The Labute approximate surface area is 227 Å². The minimum Gasteiger partial charge on any atom is -0.489 e. The van der Waals surface area contributed by atoms with Gasteiger partial charge in [-0.25, -0.2) is 4.79 Å². The van der Waals surface area contributed by atoms with Crippen LogP contribution in [-0.4, -0.2) is 30.4 Å². The average molecular weight is 519 g/mol. The van der Waals surface area contributed by atoms with Crippen molar-refractivity contribution >= 4 is 39.0 Å². The number of anilines is 2. The van der Waals surface area contributed by atoms with Crippen LogP contribution in [-0.2, 0) is 11.4 Å². The maximum absolute atomic E-state index is 13.6. The molecule has 0 saturated carbocycles. The van der Waals surface area contributed by atoms with Gasteiger partial charge in [0.1, 0.15) is 17.9 Å². The average Bonchev–Trinajstić information content (AvgIpc) is 2.98. The normalized spacial score (nSPS) is 13.9. The number of carbonyl (C=O) groups is 1. The lowest BCUT2D eigenvalue weighted by molar-refractivity contribution is -0.119. The van der Waals surface area contributed by atoms with Gasteiger partial charge in [-0.3, -0.25) is 14.6 Å². The van der Waals surface area contributed by atoms with Gasteiger partial charge in [0.05, 0.1) is 11.9 Å². The number of fused-ring (bicyclic) bond motifs is 3. The molecule has 6 rings (SSSR count). The number of likely N-dealkylation sites (tertiary alicyclic amines) is 1. The third kappa shape index (κ3) is 5.42. The molecule has 4 aromatic carbocycles. The van der Waals surface area contributed by atoms with Crippen LogP contribution in [0, 0.1) is 0 Å². The Hall–Kier alpha value is -4.42. The van der Waals surface area contributed by atoms with Crippen molar-refractivity contribution in [3.05, 3.63) is 113 Å². The maximum Gasteiger partial charge on any atom is 0.344 e. The fraction of sp³-hybridized carbons (Fsp3) is 0.212. The number of benzene rings is 4. The van der Waals surface area contributed by atoms with E-state index in [2.05, 4.69) is 4.90 Å². The van der Waals surface area contributed by atoms with Gasteiger partial charge in [-0.05, 0) is 67.9 Å². The molecule has 1 amide bonds. The van der Waals surface area contributed by atoms with Gasteiger partial charge < -0.3 is 9.15 Å². The summed E-state index contributed by atoms with van der Waals surface area (Å²) < 4.78 is 11.7. The smallest absolute Gasteiger partial charge is 0.344 e. The number of nitrogens with zero attached hydrogens (tertiary/aromatic N) is 2. The number of para-hydroxylation sites is 1. The van der Waals surface area contributed by atoms with Crippen LogP contribution >= 0.6 is 0 Å². The molecule has 196 valence electrons. The number of hydrogen-bond donors (Lipinski definition) is 0. The summed E-state index contributed by atoms with van der Waals surface area (Å²) in [6.07, 6.45) is 3.44. The van der Waals surface area contributed by atoms with Crippen LogP contribution in [0.3, 0.4) is 0 Å². The van der Waals surface area contributed by atoms with E-state index in [9.17, 15) is 9.59 Å². The number of rotatable bonds is 7. The van der Waals surface area contributed by atoms with E-state index >= 15 is 0 Å². The van der Waals surface area contributed by atoms with Crippen LogP contribution in [0.4, 0.5) is 11.4 Å². The van der Waals surface area contributed by atoms with Crippen LogP contribution in [0.1, 0.15) is 24.8 Å². The Balaban J connectivity index is 1.34. The topological polar surface area (TPSA) is 63.0 Å². The second-order valence-electron chi connectivity index (χ2n) is 9.95. The van der Waals surface area contributed by atoms with E-state index in [0.717, 1.165) is 48.0 Å². The van der Waals surface area contributed by atoms with Gasteiger partial charge in [-0.1, -0.05) is 61.0 Å². The second kappa shape index (κ2) is 11.1. The first-order valence-corrected chi connectivity index (χ1v) is 13.4. The highest BCUT2D eigenvalue weighted by Crippen LogP contribution is 2.32. The Morgan fingerprint density at radius 1 is 0.769 bits per heavy atom. The molecule has 0 radical (unpaired) electrons. The van der Waals surface area contributed by atoms with Crippen LogP contribution < -0.4 is 15.3 Å². The molecule has 0 aliphatic carbocycles. The first-order valence-electron chi connectivity index (χ1n) is 13.4. The standard InChI is InChI=1S/C33H30N2O4/c36-32(22-34-18-8-3-9-19-34)35(25-12-6-2-7-13-25)26-14-16-28-29-17-15-27(38-23-24-10-4-1-5-11-24)21-31(29)39-33(37)30(28)20-26/h1-2,4-7,10-17,20-21H,3,8-9,18-19,22-23H2. The van der Waals surface area contributed by atoms with Crippen molar-refractivity contribution in [2.24, 2.45) is 0 Å². The minimum absolute atomic E-state index is 0.0205. The molecule has 5 aromatic rings. The van der Waals surface area contributed by atoms with Gasteiger partial charge in [-0.2, -0.15) is 0 Å². The SMILES string of the molecule is O=C(CN1CCCCC1)N(c1ccccc1)c1ccc2c(c1)c(=O)oc1cc(OCc3ccccc3)ccc12. The number of hydrogen-bond acceptors (Lipinski definition) is 5. The van der Waals surface area contributed by atoms with E-state index in [1.807, 2.05) is 84.9 Å². The molecular weight excluding hydrogens is 488 g/mol. The van der Waals surface area contributed by atoms with Gasteiger partial charge in [0, 0.05) is 28.2 Å². The summed E-state index contributed by atoms with van der Waals surface area (Å²) in [5, 5.41) is 2.02. The van der Waals surface area contributed by atoms with Crippen LogP contribution in [0.15, 0.2) is 106 Å². The molecule has 1 aliphatic heterocycles. The highest BCUT2D eigenvalue weighted by Gasteiger charge is 2.23. The predicted octanol–water partition coefficient (Wildman–Crippen LogP) is 6.68. The maximum atomic E-state index is 13.6. The van der Waals surface area contributed by atoms with Gasteiger partial charge >= 0.3 is 5.63 Å². The minimum atomic E-state index is -0.448. The van der Waals surface area contributed by atoms with Gasteiger partial charge in [-0.15, -0.1) is 0 Å². The monoisotopic (exact) mass is 518 g/mol. The molecule has 6 heteroatoms. The molecule has 0 unspecified atom stereocenters. The summed E-state index contributed by atoms with van der Waals surface area (Å²) in [4.78, 5) is 30.7. The molecule has 39 heavy (non-hydrogen) atoms. The fourth-order valence-electron chi connectivity index (χ4n) is 5.26. The first-order chi connectivity index (χ1) is 19.2. The Bertz CT molecular complexity index is 1660. The summed E-state index contributed by atoms with van der Waals surface area (Å²) in [5.41, 5.74) is 2.49. The Kier molecular flexibility index (Phi) is 7.11. The Morgan fingerprint density at radius 2 is 1.49 bits per heavy atom. The third-order valence-electron chi connectivity index (χ3n) is 7.25. The molecular formula is C33H30N2O4. The Morgan fingerprint density at radius 3 is 2.26 bits per heavy atom. The number of ether oxygens (including phenoxy) is 1. The van der Waals surface area contributed by atoms with E-state index in [1.54, 1.807) is 17.0 Å². The zero-order valence-electron chi connectivity index (χ0n) is 21.7. The largest absolute Gasteiger partial charge is 0.489 e. The quantitative estimate of drug-likeness (QED) is 0.178. The van der Waals surface area contributed by atoms with Crippen molar-refractivity contribution < 1.29 is 13.9 Å². The van der Waals surface area contributed by atoms with Crippen LogP contribution in [0.25, 0.3) is 21.7 Å². The number of amides is 1. The third-order valence-corrected chi connectivity index (χ3v) is 7.25. The predicted molar refractivity (Wildman–Crippen MR) is 155 cm³/mol. The van der Waals surface area contributed by atoms with E-state index in [4.69, 9.17) is 9.15 Å². The number of carbonyl (C=O) groups excluding carboxylic acids is 1. The molecule has 0 bridgehead atoms. The van der Waals surface area contributed by atoms with Crippen molar-refractivity contribution in [2.45, 2.75) is 25.9 Å². The van der Waals surface area contributed by atoms with Gasteiger partial charge in [0.15, 0.2) is 0 Å². The summed E-state index contributed by atoms with van der Waals surface area (Å²) in [7, 11) is 0. The molecule has 1 saturated heterocycles. The van der Waals surface area contributed by atoms with Crippen molar-refractivity contribution in [3.63, 3.8) is 0 Å². The van der Waals surface area contributed by atoms with Crippen LogP contribution in [0.2, 0.25) is 0 Å². The molecule has 0 atom stereocenters. The van der Waals surface area contributed by atoms with Crippen molar-refractivity contribution in [1.29, 1.82) is 0 Å².